The lowest BCUT2D eigenvalue weighted by molar-refractivity contribution is 0.174. The minimum absolute atomic E-state index is 0.211. The van der Waals surface area contributed by atoms with E-state index in [2.05, 4.69) is 15.3 Å². The monoisotopic (exact) mass is 303 g/mol. The molecule has 22 heavy (non-hydrogen) atoms. The molecule has 0 saturated carbocycles. The summed E-state index contributed by atoms with van der Waals surface area (Å²) in [6, 6.07) is 7.38. The lowest BCUT2D eigenvalue weighted by atomic mass is 10.2. The molecule has 112 valence electrons. The first-order valence-electron chi connectivity index (χ1n) is 6.66. The Morgan fingerprint density at radius 2 is 1.91 bits per heavy atom. The number of aromatic amines is 1. The van der Waals surface area contributed by atoms with Gasteiger partial charge < -0.3 is 19.8 Å². The minimum Gasteiger partial charge on any atom is -0.454 e. The zero-order chi connectivity index (χ0) is 15.1. The second-order valence-corrected chi connectivity index (χ2v) is 4.91. The van der Waals surface area contributed by atoms with Crippen LogP contribution in [0.25, 0.3) is 11.0 Å². The molecule has 1 aromatic heterocycles. The number of anilines is 1. The van der Waals surface area contributed by atoms with Crippen molar-refractivity contribution in [3.63, 3.8) is 0 Å². The van der Waals surface area contributed by atoms with E-state index < -0.39 is 11.6 Å². The Labute approximate surface area is 123 Å². The van der Waals surface area contributed by atoms with Gasteiger partial charge in [-0.2, -0.15) is 0 Å². The standard InChI is InChI=1S/C15H11F2N3O2/c16-9-2-1-8(3-10(9)17)6-18-15-19-11-4-13-14(22-7-21-13)5-12(11)20-15/h1-5H,6-7H2,(H2,18,19,20). The van der Waals surface area contributed by atoms with Crippen LogP contribution in [0.3, 0.4) is 0 Å². The molecule has 2 N–H and O–H groups in total. The summed E-state index contributed by atoms with van der Waals surface area (Å²) in [5, 5.41) is 3.03. The summed E-state index contributed by atoms with van der Waals surface area (Å²) in [6.07, 6.45) is 0. The van der Waals surface area contributed by atoms with Crippen LogP contribution in [-0.2, 0) is 6.54 Å². The van der Waals surface area contributed by atoms with Gasteiger partial charge in [0.1, 0.15) is 0 Å². The molecule has 0 radical (unpaired) electrons. The molecule has 0 saturated heterocycles. The van der Waals surface area contributed by atoms with Crippen molar-refractivity contribution >= 4 is 17.0 Å². The SMILES string of the molecule is Fc1ccc(CNc2nc3cc4c(cc3[nH]2)OCO4)cc1F. The van der Waals surface area contributed by atoms with Crippen LogP contribution in [0, 0.1) is 11.6 Å². The number of aromatic nitrogens is 2. The number of fused-ring (bicyclic) bond motifs is 2. The van der Waals surface area contributed by atoms with Gasteiger partial charge in [-0.1, -0.05) is 6.07 Å². The van der Waals surface area contributed by atoms with Crippen molar-refractivity contribution in [2.75, 3.05) is 12.1 Å². The number of nitrogens with one attached hydrogen (secondary N) is 2. The van der Waals surface area contributed by atoms with Crippen LogP contribution in [0.5, 0.6) is 11.5 Å². The van der Waals surface area contributed by atoms with Gasteiger partial charge in [-0.05, 0) is 17.7 Å². The number of imidazole rings is 1. The lowest BCUT2D eigenvalue weighted by Crippen LogP contribution is -2.01. The van der Waals surface area contributed by atoms with Crippen LogP contribution >= 0.6 is 0 Å². The number of halogens is 2. The highest BCUT2D eigenvalue weighted by atomic mass is 19.2. The highest BCUT2D eigenvalue weighted by Gasteiger charge is 2.16. The van der Waals surface area contributed by atoms with Crippen molar-refractivity contribution in [1.29, 1.82) is 0 Å². The van der Waals surface area contributed by atoms with Crippen molar-refractivity contribution in [1.82, 2.24) is 9.97 Å². The molecule has 0 aliphatic carbocycles. The molecule has 0 spiro atoms. The number of rotatable bonds is 3. The van der Waals surface area contributed by atoms with Gasteiger partial charge in [0.25, 0.3) is 0 Å². The molecule has 2 aromatic carbocycles. The van der Waals surface area contributed by atoms with E-state index >= 15 is 0 Å². The maximum atomic E-state index is 13.2. The molecule has 3 aromatic rings. The first-order chi connectivity index (χ1) is 10.7. The predicted molar refractivity (Wildman–Crippen MR) is 75.9 cm³/mol. The van der Waals surface area contributed by atoms with E-state index in [-0.39, 0.29) is 6.79 Å². The average molecular weight is 303 g/mol. The highest BCUT2D eigenvalue weighted by molar-refractivity contribution is 5.81. The van der Waals surface area contributed by atoms with Gasteiger partial charge in [-0.25, -0.2) is 13.8 Å². The molecule has 0 atom stereocenters. The molecule has 0 amide bonds. The Kier molecular flexibility index (Phi) is 2.85. The normalized spacial score (nSPS) is 12.8. The fourth-order valence-corrected chi connectivity index (χ4v) is 2.32. The quantitative estimate of drug-likeness (QED) is 0.780. The van der Waals surface area contributed by atoms with Gasteiger partial charge in [0.05, 0.1) is 11.0 Å². The molecule has 0 bridgehead atoms. The largest absolute Gasteiger partial charge is 0.454 e. The molecule has 1 aliphatic rings. The van der Waals surface area contributed by atoms with Crippen molar-refractivity contribution in [3.05, 3.63) is 47.5 Å². The third-order valence-corrected chi connectivity index (χ3v) is 3.42. The summed E-state index contributed by atoms with van der Waals surface area (Å²) in [6.45, 7) is 0.535. The average Bonchev–Trinajstić information content (AvgIpc) is 3.11. The van der Waals surface area contributed by atoms with Gasteiger partial charge in [0.15, 0.2) is 23.1 Å². The van der Waals surface area contributed by atoms with E-state index in [0.29, 0.717) is 29.6 Å². The Morgan fingerprint density at radius 1 is 1.09 bits per heavy atom. The van der Waals surface area contributed by atoms with E-state index in [1.165, 1.54) is 6.07 Å². The zero-order valence-electron chi connectivity index (χ0n) is 11.3. The van der Waals surface area contributed by atoms with Crippen molar-refractivity contribution in [2.45, 2.75) is 6.54 Å². The summed E-state index contributed by atoms with van der Waals surface area (Å²) < 4.78 is 36.6. The van der Waals surface area contributed by atoms with E-state index in [1.807, 2.05) is 6.07 Å². The predicted octanol–water partition coefficient (Wildman–Crippen LogP) is 3.18. The molecule has 2 heterocycles. The maximum absolute atomic E-state index is 13.2. The van der Waals surface area contributed by atoms with E-state index in [1.54, 1.807) is 6.07 Å². The topological polar surface area (TPSA) is 59.2 Å². The number of benzene rings is 2. The smallest absolute Gasteiger partial charge is 0.231 e. The fraction of sp³-hybridized carbons (Fsp3) is 0.133. The molecule has 7 heteroatoms. The summed E-state index contributed by atoms with van der Waals surface area (Å²) in [7, 11) is 0. The lowest BCUT2D eigenvalue weighted by Gasteiger charge is -2.03. The number of nitrogens with zero attached hydrogens (tertiary/aromatic N) is 1. The van der Waals surface area contributed by atoms with Gasteiger partial charge in [0, 0.05) is 18.7 Å². The van der Waals surface area contributed by atoms with Crippen molar-refractivity contribution in [3.8, 4) is 11.5 Å². The molecular weight excluding hydrogens is 292 g/mol. The minimum atomic E-state index is -0.866. The molecule has 5 nitrogen and oxygen atoms in total. The van der Waals surface area contributed by atoms with E-state index in [4.69, 9.17) is 9.47 Å². The van der Waals surface area contributed by atoms with Crippen molar-refractivity contribution in [2.24, 2.45) is 0 Å². The second kappa shape index (κ2) is 4.87. The number of hydrogen-bond donors (Lipinski definition) is 2. The van der Waals surface area contributed by atoms with Gasteiger partial charge in [-0.15, -0.1) is 0 Å². The van der Waals surface area contributed by atoms with Crippen LogP contribution in [0.1, 0.15) is 5.56 Å². The van der Waals surface area contributed by atoms with Gasteiger partial charge >= 0.3 is 0 Å². The number of H-pyrrole nitrogens is 1. The van der Waals surface area contributed by atoms with Gasteiger partial charge in [0.2, 0.25) is 12.7 Å². The van der Waals surface area contributed by atoms with Crippen LogP contribution in [0.15, 0.2) is 30.3 Å². The molecule has 4 rings (SSSR count). The third kappa shape index (κ3) is 2.20. The Hall–Kier alpha value is -2.83. The van der Waals surface area contributed by atoms with Crippen LogP contribution < -0.4 is 14.8 Å². The summed E-state index contributed by atoms with van der Waals surface area (Å²) in [5.74, 6) is 0.134. The third-order valence-electron chi connectivity index (χ3n) is 3.42. The van der Waals surface area contributed by atoms with Crippen molar-refractivity contribution < 1.29 is 18.3 Å². The molecule has 0 fully saturated rings. The molecular formula is C15H11F2N3O2. The first-order valence-corrected chi connectivity index (χ1v) is 6.66. The second-order valence-electron chi connectivity index (χ2n) is 4.91. The van der Waals surface area contributed by atoms with Crippen LogP contribution in [0.2, 0.25) is 0 Å². The van der Waals surface area contributed by atoms with Gasteiger partial charge in [-0.3, -0.25) is 0 Å². The number of ether oxygens (including phenoxy) is 2. The number of hydrogen-bond acceptors (Lipinski definition) is 4. The first kappa shape index (κ1) is 12.9. The molecule has 1 aliphatic heterocycles. The Balaban J connectivity index is 1.55. The summed E-state index contributed by atoms with van der Waals surface area (Å²) in [5.41, 5.74) is 2.16. The Morgan fingerprint density at radius 3 is 2.73 bits per heavy atom. The van der Waals surface area contributed by atoms with Crippen LogP contribution in [0.4, 0.5) is 14.7 Å². The Bertz CT molecular complexity index is 822. The van der Waals surface area contributed by atoms with E-state index in [0.717, 1.165) is 23.2 Å². The highest BCUT2D eigenvalue weighted by Crippen LogP contribution is 2.35. The van der Waals surface area contributed by atoms with E-state index in [9.17, 15) is 8.78 Å². The summed E-state index contributed by atoms with van der Waals surface area (Å²) >= 11 is 0. The molecule has 0 unspecified atom stereocenters. The zero-order valence-corrected chi connectivity index (χ0v) is 11.3. The summed E-state index contributed by atoms with van der Waals surface area (Å²) in [4.78, 5) is 7.47. The maximum Gasteiger partial charge on any atom is 0.231 e. The fourth-order valence-electron chi connectivity index (χ4n) is 2.32. The van der Waals surface area contributed by atoms with Crippen LogP contribution in [-0.4, -0.2) is 16.8 Å².